The highest BCUT2D eigenvalue weighted by atomic mass is 16.5. The van der Waals surface area contributed by atoms with Gasteiger partial charge in [0.25, 0.3) is 5.91 Å². The van der Waals surface area contributed by atoms with Crippen LogP contribution in [0.2, 0.25) is 0 Å². The monoisotopic (exact) mass is 389 g/mol. The Labute approximate surface area is 172 Å². The summed E-state index contributed by atoms with van der Waals surface area (Å²) < 4.78 is 11.6. The third-order valence-electron chi connectivity index (χ3n) is 4.64. The van der Waals surface area contributed by atoms with Crippen LogP contribution < -0.4 is 10.1 Å². The molecule has 0 spiro atoms. The van der Waals surface area contributed by atoms with Crippen molar-refractivity contribution in [1.82, 2.24) is 5.32 Å². The minimum Gasteiger partial charge on any atom is -0.494 e. The summed E-state index contributed by atoms with van der Waals surface area (Å²) in [5.41, 5.74) is 3.63. The van der Waals surface area contributed by atoms with E-state index in [0.717, 1.165) is 22.4 Å². The molecule has 1 atom stereocenters. The van der Waals surface area contributed by atoms with Crippen LogP contribution in [-0.4, -0.2) is 12.5 Å². The normalized spacial score (nSPS) is 11.7. The van der Waals surface area contributed by atoms with E-state index in [-0.39, 0.29) is 11.9 Å². The maximum Gasteiger partial charge on any atom is 0.251 e. The number of amides is 1. The first-order valence-electron chi connectivity index (χ1n) is 9.90. The van der Waals surface area contributed by atoms with Crippen LogP contribution in [0.1, 0.15) is 46.9 Å². The Balaban J connectivity index is 1.68. The number of rotatable bonds is 9. The Morgan fingerprint density at radius 2 is 1.62 bits per heavy atom. The summed E-state index contributed by atoms with van der Waals surface area (Å²) in [6, 6.07) is 25.3. The average molecular weight is 389 g/mol. The smallest absolute Gasteiger partial charge is 0.251 e. The van der Waals surface area contributed by atoms with Crippen LogP contribution in [-0.2, 0) is 18.0 Å². The number of hydrogen-bond acceptors (Lipinski definition) is 3. The lowest BCUT2D eigenvalue weighted by atomic mass is 10.1. The second-order valence-electron chi connectivity index (χ2n) is 6.84. The minimum absolute atomic E-state index is 0.0759. The molecule has 29 heavy (non-hydrogen) atoms. The highest BCUT2D eigenvalue weighted by Crippen LogP contribution is 2.23. The minimum atomic E-state index is -0.117. The maximum atomic E-state index is 12.8. The lowest BCUT2D eigenvalue weighted by Crippen LogP contribution is -2.26. The standard InChI is InChI=1S/C25H27NO3/c1-3-29-24-15-14-22(25(27)26-19(2)21-12-8-5-9-13-21)16-23(24)18-28-17-20-10-6-4-7-11-20/h4-16,19H,3,17-18H2,1-2H3,(H,26,27)/t19-/m1/s1. The highest BCUT2D eigenvalue weighted by molar-refractivity contribution is 5.94. The summed E-state index contributed by atoms with van der Waals surface area (Å²) >= 11 is 0. The van der Waals surface area contributed by atoms with Gasteiger partial charge in [0.2, 0.25) is 0 Å². The topological polar surface area (TPSA) is 47.6 Å². The molecular weight excluding hydrogens is 362 g/mol. The van der Waals surface area contributed by atoms with Crippen molar-refractivity contribution in [2.45, 2.75) is 33.1 Å². The van der Waals surface area contributed by atoms with Crippen molar-refractivity contribution in [2.75, 3.05) is 6.61 Å². The van der Waals surface area contributed by atoms with E-state index in [0.29, 0.717) is 25.4 Å². The van der Waals surface area contributed by atoms with E-state index in [1.54, 1.807) is 6.07 Å². The van der Waals surface area contributed by atoms with Crippen LogP contribution in [0.4, 0.5) is 0 Å². The van der Waals surface area contributed by atoms with Gasteiger partial charge < -0.3 is 14.8 Å². The summed E-state index contributed by atoms with van der Waals surface area (Å²) in [6.45, 7) is 5.36. The molecule has 0 aliphatic carbocycles. The molecule has 4 heteroatoms. The number of ether oxygens (including phenoxy) is 2. The Morgan fingerprint density at radius 3 is 2.31 bits per heavy atom. The molecule has 0 bridgehead atoms. The van der Waals surface area contributed by atoms with Crippen LogP contribution in [0.15, 0.2) is 78.9 Å². The molecule has 3 aromatic rings. The first-order valence-corrected chi connectivity index (χ1v) is 9.90. The molecule has 0 aliphatic rings. The largest absolute Gasteiger partial charge is 0.494 e. The lowest BCUT2D eigenvalue weighted by Gasteiger charge is -2.16. The van der Waals surface area contributed by atoms with Crippen LogP contribution in [0, 0.1) is 0 Å². The number of nitrogens with one attached hydrogen (secondary N) is 1. The summed E-state index contributed by atoms with van der Waals surface area (Å²) in [5, 5.41) is 3.05. The molecule has 0 fully saturated rings. The van der Waals surface area contributed by atoms with Crippen molar-refractivity contribution < 1.29 is 14.3 Å². The molecule has 0 aromatic heterocycles. The molecule has 1 amide bonds. The van der Waals surface area contributed by atoms with Gasteiger partial charge >= 0.3 is 0 Å². The molecule has 0 aliphatic heterocycles. The van der Waals surface area contributed by atoms with Gasteiger partial charge in [-0.05, 0) is 43.2 Å². The molecule has 3 aromatic carbocycles. The Kier molecular flexibility index (Phi) is 7.42. The fraction of sp³-hybridized carbons (Fsp3) is 0.240. The van der Waals surface area contributed by atoms with Gasteiger partial charge in [-0.2, -0.15) is 0 Å². The number of hydrogen-bond donors (Lipinski definition) is 1. The summed E-state index contributed by atoms with van der Waals surface area (Å²) in [4.78, 5) is 12.8. The van der Waals surface area contributed by atoms with Crippen molar-refractivity contribution in [3.05, 3.63) is 101 Å². The van der Waals surface area contributed by atoms with E-state index in [1.165, 1.54) is 0 Å². The molecule has 3 rings (SSSR count). The van der Waals surface area contributed by atoms with Crippen LogP contribution in [0.3, 0.4) is 0 Å². The number of benzene rings is 3. The molecule has 0 heterocycles. The molecule has 0 saturated carbocycles. The van der Waals surface area contributed by atoms with E-state index in [1.807, 2.05) is 86.6 Å². The quantitative estimate of drug-likeness (QED) is 0.541. The first-order chi connectivity index (χ1) is 14.2. The van der Waals surface area contributed by atoms with E-state index in [9.17, 15) is 4.79 Å². The van der Waals surface area contributed by atoms with Crippen LogP contribution >= 0.6 is 0 Å². The average Bonchev–Trinajstić information content (AvgIpc) is 2.76. The Bertz CT molecular complexity index is 910. The predicted octanol–water partition coefficient (Wildman–Crippen LogP) is 5.29. The van der Waals surface area contributed by atoms with Gasteiger partial charge in [-0.25, -0.2) is 0 Å². The Morgan fingerprint density at radius 1 is 0.931 bits per heavy atom. The van der Waals surface area contributed by atoms with E-state index >= 15 is 0 Å². The van der Waals surface area contributed by atoms with Crippen molar-refractivity contribution in [3.8, 4) is 5.75 Å². The van der Waals surface area contributed by atoms with Gasteiger partial charge in [-0.1, -0.05) is 60.7 Å². The molecular formula is C25H27NO3. The third kappa shape index (κ3) is 5.93. The predicted molar refractivity (Wildman–Crippen MR) is 115 cm³/mol. The first kappa shape index (κ1) is 20.6. The molecule has 0 saturated heterocycles. The number of carbonyl (C=O) groups is 1. The third-order valence-corrected chi connectivity index (χ3v) is 4.64. The second kappa shape index (κ2) is 10.4. The molecule has 4 nitrogen and oxygen atoms in total. The fourth-order valence-corrected chi connectivity index (χ4v) is 3.09. The number of carbonyl (C=O) groups excluding carboxylic acids is 1. The zero-order chi connectivity index (χ0) is 20.5. The van der Waals surface area contributed by atoms with Gasteiger partial charge in [0.15, 0.2) is 0 Å². The maximum absolute atomic E-state index is 12.8. The lowest BCUT2D eigenvalue weighted by molar-refractivity contribution is 0.0937. The van der Waals surface area contributed by atoms with Crippen molar-refractivity contribution in [1.29, 1.82) is 0 Å². The molecule has 1 N–H and O–H groups in total. The SMILES string of the molecule is CCOc1ccc(C(=O)N[C@H](C)c2ccccc2)cc1COCc1ccccc1. The molecule has 0 unspecified atom stereocenters. The Hall–Kier alpha value is -3.11. The molecule has 150 valence electrons. The summed E-state index contributed by atoms with van der Waals surface area (Å²) in [5.74, 6) is 0.627. The van der Waals surface area contributed by atoms with E-state index in [2.05, 4.69) is 5.32 Å². The van der Waals surface area contributed by atoms with Crippen molar-refractivity contribution in [2.24, 2.45) is 0 Å². The zero-order valence-corrected chi connectivity index (χ0v) is 16.9. The van der Waals surface area contributed by atoms with Gasteiger partial charge in [-0.3, -0.25) is 4.79 Å². The van der Waals surface area contributed by atoms with Gasteiger partial charge in [0.05, 0.1) is 25.9 Å². The summed E-state index contributed by atoms with van der Waals surface area (Å²) in [6.07, 6.45) is 0. The highest BCUT2D eigenvalue weighted by Gasteiger charge is 2.14. The van der Waals surface area contributed by atoms with Crippen LogP contribution in [0.25, 0.3) is 0 Å². The zero-order valence-electron chi connectivity index (χ0n) is 16.9. The van der Waals surface area contributed by atoms with E-state index in [4.69, 9.17) is 9.47 Å². The van der Waals surface area contributed by atoms with Gasteiger partial charge in [-0.15, -0.1) is 0 Å². The van der Waals surface area contributed by atoms with Gasteiger partial charge in [0, 0.05) is 11.1 Å². The van der Waals surface area contributed by atoms with Gasteiger partial charge in [0.1, 0.15) is 5.75 Å². The summed E-state index contributed by atoms with van der Waals surface area (Å²) in [7, 11) is 0. The van der Waals surface area contributed by atoms with Crippen molar-refractivity contribution in [3.63, 3.8) is 0 Å². The second-order valence-corrected chi connectivity index (χ2v) is 6.84. The van der Waals surface area contributed by atoms with Crippen LogP contribution in [0.5, 0.6) is 5.75 Å². The molecule has 0 radical (unpaired) electrons. The van der Waals surface area contributed by atoms with Crippen molar-refractivity contribution >= 4 is 5.91 Å². The fourth-order valence-electron chi connectivity index (χ4n) is 3.09. The van der Waals surface area contributed by atoms with E-state index < -0.39 is 0 Å².